The number of carbonyl (C=O) groups is 1. The maximum Gasteiger partial charge on any atom is 0.176 e. The molecule has 0 bridgehead atoms. The summed E-state index contributed by atoms with van der Waals surface area (Å²) in [5.74, 6) is -0.0860. The molecule has 0 radical (unpaired) electrons. The van der Waals surface area contributed by atoms with Gasteiger partial charge in [-0.1, -0.05) is 24.3 Å². The van der Waals surface area contributed by atoms with E-state index in [4.69, 9.17) is 5.73 Å². The van der Waals surface area contributed by atoms with Crippen molar-refractivity contribution in [1.82, 2.24) is 0 Å². The highest BCUT2D eigenvalue weighted by Gasteiger charge is 2.04. The molecule has 0 aliphatic carbocycles. The maximum atomic E-state index is 11.1. The molecule has 0 saturated carbocycles. The largest absolute Gasteiger partial charge is 0.389 e. The molecule has 0 fully saturated rings. The van der Waals surface area contributed by atoms with Crippen LogP contribution in [0.15, 0.2) is 24.3 Å². The fraction of sp³-hybridized carbons (Fsp3) is 0.300. The van der Waals surface area contributed by atoms with Gasteiger partial charge in [0.15, 0.2) is 5.78 Å². The lowest BCUT2D eigenvalue weighted by molar-refractivity contribution is 0.100. The summed E-state index contributed by atoms with van der Waals surface area (Å²) in [4.78, 5) is 11.1. The summed E-state index contributed by atoms with van der Waals surface area (Å²) >= 11 is 0. The van der Waals surface area contributed by atoms with Crippen LogP contribution in [-0.2, 0) is 0 Å². The van der Waals surface area contributed by atoms with Gasteiger partial charge < -0.3 is 10.8 Å². The SMILES string of the molecule is CC(O)c1ccc(C(=O)CN)cc1. The Labute approximate surface area is 77.2 Å². The Hall–Kier alpha value is -1.19. The third kappa shape index (κ3) is 2.37. The Morgan fingerprint density at radius 3 is 2.38 bits per heavy atom. The minimum atomic E-state index is -0.498. The zero-order valence-electron chi connectivity index (χ0n) is 7.53. The fourth-order valence-corrected chi connectivity index (χ4v) is 1.07. The van der Waals surface area contributed by atoms with E-state index >= 15 is 0 Å². The molecule has 0 saturated heterocycles. The second-order valence-corrected chi connectivity index (χ2v) is 2.93. The summed E-state index contributed by atoms with van der Waals surface area (Å²) in [6.07, 6.45) is -0.498. The highest BCUT2D eigenvalue weighted by atomic mass is 16.3. The van der Waals surface area contributed by atoms with Crippen molar-refractivity contribution in [2.75, 3.05) is 6.54 Å². The van der Waals surface area contributed by atoms with E-state index < -0.39 is 6.10 Å². The number of benzene rings is 1. The number of rotatable bonds is 3. The predicted octanol–water partition coefficient (Wildman–Crippen LogP) is 0.881. The number of hydrogen-bond acceptors (Lipinski definition) is 3. The lowest BCUT2D eigenvalue weighted by Crippen LogP contribution is -2.13. The number of hydrogen-bond donors (Lipinski definition) is 2. The molecule has 3 nitrogen and oxygen atoms in total. The van der Waals surface area contributed by atoms with E-state index in [0.717, 1.165) is 5.56 Å². The van der Waals surface area contributed by atoms with E-state index in [9.17, 15) is 9.90 Å². The number of aliphatic hydroxyl groups excluding tert-OH is 1. The molecule has 0 amide bonds. The molecule has 0 aromatic heterocycles. The van der Waals surface area contributed by atoms with Crippen LogP contribution >= 0.6 is 0 Å². The van der Waals surface area contributed by atoms with Gasteiger partial charge in [-0.3, -0.25) is 4.79 Å². The molecule has 1 aromatic rings. The summed E-state index contributed by atoms with van der Waals surface area (Å²) in [6.45, 7) is 1.70. The van der Waals surface area contributed by atoms with Crippen LogP contribution in [0.2, 0.25) is 0 Å². The van der Waals surface area contributed by atoms with Crippen molar-refractivity contribution in [3.05, 3.63) is 35.4 Å². The summed E-state index contributed by atoms with van der Waals surface area (Å²) in [6, 6.07) is 6.82. The molecule has 3 N–H and O–H groups in total. The number of carbonyl (C=O) groups excluding carboxylic acids is 1. The lowest BCUT2D eigenvalue weighted by Gasteiger charge is -2.04. The molecule has 0 aliphatic heterocycles. The molecule has 3 heteroatoms. The van der Waals surface area contributed by atoms with Gasteiger partial charge >= 0.3 is 0 Å². The number of aliphatic hydroxyl groups is 1. The second-order valence-electron chi connectivity index (χ2n) is 2.93. The Kier molecular flexibility index (Phi) is 3.17. The predicted molar refractivity (Wildman–Crippen MR) is 50.5 cm³/mol. The Balaban J connectivity index is 2.87. The number of Topliss-reactive ketones (excluding diaryl/α,β-unsaturated/α-hetero) is 1. The van der Waals surface area contributed by atoms with Crippen molar-refractivity contribution in [3.63, 3.8) is 0 Å². The monoisotopic (exact) mass is 179 g/mol. The van der Waals surface area contributed by atoms with E-state index in [2.05, 4.69) is 0 Å². The van der Waals surface area contributed by atoms with Crippen LogP contribution in [0.25, 0.3) is 0 Å². The standard InChI is InChI=1S/C10H13NO2/c1-7(12)8-2-4-9(5-3-8)10(13)6-11/h2-5,7,12H,6,11H2,1H3. The highest BCUT2D eigenvalue weighted by molar-refractivity contribution is 5.97. The van der Waals surface area contributed by atoms with Gasteiger partial charge in [0, 0.05) is 5.56 Å². The number of nitrogens with two attached hydrogens (primary N) is 1. The van der Waals surface area contributed by atoms with Crippen molar-refractivity contribution >= 4 is 5.78 Å². The molecule has 0 spiro atoms. The second kappa shape index (κ2) is 4.16. The fourth-order valence-electron chi connectivity index (χ4n) is 1.07. The van der Waals surface area contributed by atoms with Gasteiger partial charge in [0.1, 0.15) is 0 Å². The molecular formula is C10H13NO2. The quantitative estimate of drug-likeness (QED) is 0.677. The minimum Gasteiger partial charge on any atom is -0.389 e. The van der Waals surface area contributed by atoms with Crippen molar-refractivity contribution in [3.8, 4) is 0 Å². The van der Waals surface area contributed by atoms with Gasteiger partial charge in [-0.15, -0.1) is 0 Å². The van der Waals surface area contributed by atoms with E-state index in [1.165, 1.54) is 0 Å². The van der Waals surface area contributed by atoms with Gasteiger partial charge in [-0.25, -0.2) is 0 Å². The summed E-state index contributed by atoms with van der Waals surface area (Å²) in [5.41, 5.74) is 6.59. The zero-order chi connectivity index (χ0) is 9.84. The molecule has 1 unspecified atom stereocenters. The normalized spacial score (nSPS) is 12.5. The van der Waals surface area contributed by atoms with Gasteiger partial charge in [0.05, 0.1) is 12.6 Å². The van der Waals surface area contributed by atoms with Crippen LogP contribution < -0.4 is 5.73 Å². The average Bonchev–Trinajstić information content (AvgIpc) is 2.17. The number of ketones is 1. The zero-order valence-corrected chi connectivity index (χ0v) is 7.53. The van der Waals surface area contributed by atoms with Crippen LogP contribution in [0.3, 0.4) is 0 Å². The average molecular weight is 179 g/mol. The molecular weight excluding hydrogens is 166 g/mol. The summed E-state index contributed by atoms with van der Waals surface area (Å²) in [5, 5.41) is 9.20. The van der Waals surface area contributed by atoms with Crippen LogP contribution in [0.1, 0.15) is 28.9 Å². The minimum absolute atomic E-state index is 0.0219. The molecule has 0 aliphatic rings. The summed E-state index contributed by atoms with van der Waals surface area (Å²) < 4.78 is 0. The molecule has 1 aromatic carbocycles. The van der Waals surface area contributed by atoms with Crippen molar-refractivity contribution in [1.29, 1.82) is 0 Å². The van der Waals surface area contributed by atoms with Gasteiger partial charge in [0.25, 0.3) is 0 Å². The van der Waals surface area contributed by atoms with Gasteiger partial charge in [-0.05, 0) is 12.5 Å². The van der Waals surface area contributed by atoms with Crippen LogP contribution in [-0.4, -0.2) is 17.4 Å². The molecule has 70 valence electrons. The van der Waals surface area contributed by atoms with Crippen LogP contribution in [0.5, 0.6) is 0 Å². The highest BCUT2D eigenvalue weighted by Crippen LogP contribution is 2.12. The third-order valence-electron chi connectivity index (χ3n) is 1.90. The van der Waals surface area contributed by atoms with Crippen molar-refractivity contribution in [2.24, 2.45) is 5.73 Å². The lowest BCUT2D eigenvalue weighted by atomic mass is 10.1. The first-order valence-electron chi connectivity index (χ1n) is 4.16. The van der Waals surface area contributed by atoms with E-state index in [1.807, 2.05) is 0 Å². The van der Waals surface area contributed by atoms with Gasteiger partial charge in [0.2, 0.25) is 0 Å². The van der Waals surface area contributed by atoms with Crippen molar-refractivity contribution < 1.29 is 9.90 Å². The first kappa shape index (κ1) is 9.89. The molecule has 13 heavy (non-hydrogen) atoms. The smallest absolute Gasteiger partial charge is 0.176 e. The van der Waals surface area contributed by atoms with E-state index in [-0.39, 0.29) is 12.3 Å². The van der Waals surface area contributed by atoms with Crippen LogP contribution in [0.4, 0.5) is 0 Å². The van der Waals surface area contributed by atoms with Crippen LogP contribution in [0, 0.1) is 0 Å². The first-order valence-corrected chi connectivity index (χ1v) is 4.16. The van der Waals surface area contributed by atoms with Crippen molar-refractivity contribution in [2.45, 2.75) is 13.0 Å². The maximum absolute atomic E-state index is 11.1. The summed E-state index contributed by atoms with van der Waals surface area (Å²) in [7, 11) is 0. The first-order chi connectivity index (χ1) is 6.15. The molecule has 1 rings (SSSR count). The topological polar surface area (TPSA) is 63.3 Å². The molecule has 0 heterocycles. The van der Waals surface area contributed by atoms with Gasteiger partial charge in [-0.2, -0.15) is 0 Å². The Bertz CT molecular complexity index is 290. The molecule has 1 atom stereocenters. The van der Waals surface area contributed by atoms with E-state index in [1.54, 1.807) is 31.2 Å². The Morgan fingerprint density at radius 2 is 2.00 bits per heavy atom. The van der Waals surface area contributed by atoms with E-state index in [0.29, 0.717) is 5.56 Å². The Morgan fingerprint density at radius 1 is 1.46 bits per heavy atom. The third-order valence-corrected chi connectivity index (χ3v) is 1.90.